The Morgan fingerprint density at radius 2 is 1.55 bits per heavy atom. The van der Waals surface area contributed by atoms with Crippen LogP contribution in [-0.4, -0.2) is 23.9 Å². The van der Waals surface area contributed by atoms with Crippen LogP contribution in [0.15, 0.2) is 64.4 Å². The molecule has 0 aliphatic rings. The minimum atomic E-state index is 0.106. The molecule has 3 heteroatoms. The van der Waals surface area contributed by atoms with Gasteiger partial charge in [-0.25, -0.2) is 0 Å². The van der Waals surface area contributed by atoms with Crippen LogP contribution < -0.4 is 0 Å². The zero-order valence-corrected chi connectivity index (χ0v) is 12.7. The predicted octanol–water partition coefficient (Wildman–Crippen LogP) is 4.32. The van der Waals surface area contributed by atoms with Crippen molar-refractivity contribution in [3.63, 3.8) is 0 Å². The van der Waals surface area contributed by atoms with E-state index in [-0.39, 0.29) is 5.91 Å². The molecule has 2 aromatic carbocycles. The van der Waals surface area contributed by atoms with Crippen LogP contribution in [0.2, 0.25) is 0 Å². The van der Waals surface area contributed by atoms with Crippen LogP contribution in [-0.2, 0) is 0 Å². The molecule has 2 rings (SSSR count). The normalized spacial score (nSPS) is 10.3. The summed E-state index contributed by atoms with van der Waals surface area (Å²) in [6.07, 6.45) is 0. The van der Waals surface area contributed by atoms with Crippen LogP contribution in [0.4, 0.5) is 0 Å². The number of rotatable bonds is 5. The molecule has 1 amide bonds. The molecule has 0 N–H and O–H groups in total. The molecule has 0 aliphatic carbocycles. The molecule has 0 fully saturated rings. The lowest BCUT2D eigenvalue weighted by molar-refractivity contribution is 0.0769. The topological polar surface area (TPSA) is 20.3 Å². The van der Waals surface area contributed by atoms with Crippen molar-refractivity contribution in [2.75, 3.05) is 13.1 Å². The van der Waals surface area contributed by atoms with Gasteiger partial charge in [-0.1, -0.05) is 42.1 Å². The smallest absolute Gasteiger partial charge is 0.254 e. The summed E-state index contributed by atoms with van der Waals surface area (Å²) in [5, 5.41) is 0. The van der Waals surface area contributed by atoms with E-state index in [4.69, 9.17) is 0 Å². The summed E-state index contributed by atoms with van der Waals surface area (Å²) in [6, 6.07) is 18.0. The first-order valence-electron chi connectivity index (χ1n) is 6.87. The Labute approximate surface area is 124 Å². The largest absolute Gasteiger partial charge is 0.339 e. The molecule has 0 spiro atoms. The summed E-state index contributed by atoms with van der Waals surface area (Å²) >= 11 is 1.63. The quantitative estimate of drug-likeness (QED) is 0.815. The van der Waals surface area contributed by atoms with E-state index in [1.807, 2.05) is 61.2 Å². The van der Waals surface area contributed by atoms with Crippen molar-refractivity contribution in [2.24, 2.45) is 0 Å². The van der Waals surface area contributed by atoms with Crippen LogP contribution in [0.1, 0.15) is 24.2 Å². The third-order valence-electron chi connectivity index (χ3n) is 3.14. The van der Waals surface area contributed by atoms with Gasteiger partial charge in [0.2, 0.25) is 0 Å². The fourth-order valence-electron chi connectivity index (χ4n) is 2.03. The highest BCUT2D eigenvalue weighted by molar-refractivity contribution is 7.99. The van der Waals surface area contributed by atoms with Crippen molar-refractivity contribution in [3.05, 3.63) is 60.2 Å². The van der Waals surface area contributed by atoms with Gasteiger partial charge in [-0.3, -0.25) is 4.79 Å². The Bertz CT molecular complexity index is 564. The van der Waals surface area contributed by atoms with Crippen molar-refractivity contribution < 1.29 is 4.79 Å². The van der Waals surface area contributed by atoms with Crippen LogP contribution >= 0.6 is 11.8 Å². The molecule has 0 saturated carbocycles. The Morgan fingerprint density at radius 3 is 2.20 bits per heavy atom. The van der Waals surface area contributed by atoms with E-state index in [0.717, 1.165) is 28.4 Å². The van der Waals surface area contributed by atoms with Gasteiger partial charge in [0.05, 0.1) is 5.56 Å². The van der Waals surface area contributed by atoms with Gasteiger partial charge in [0, 0.05) is 22.9 Å². The Hall–Kier alpha value is -1.74. The van der Waals surface area contributed by atoms with Gasteiger partial charge in [-0.2, -0.15) is 0 Å². The van der Waals surface area contributed by atoms with Crippen LogP contribution in [0.5, 0.6) is 0 Å². The Kier molecular flexibility index (Phi) is 5.24. The number of carbonyl (C=O) groups excluding carboxylic acids is 1. The van der Waals surface area contributed by atoms with E-state index in [9.17, 15) is 4.79 Å². The molecular formula is C17H19NOS. The minimum absolute atomic E-state index is 0.106. The number of carbonyl (C=O) groups is 1. The summed E-state index contributed by atoms with van der Waals surface area (Å²) in [4.78, 5) is 16.5. The fourth-order valence-corrected chi connectivity index (χ4v) is 2.99. The summed E-state index contributed by atoms with van der Waals surface area (Å²) < 4.78 is 0. The molecule has 20 heavy (non-hydrogen) atoms. The fraction of sp³-hybridized carbons (Fsp3) is 0.235. The predicted molar refractivity (Wildman–Crippen MR) is 84.3 cm³/mol. The highest BCUT2D eigenvalue weighted by atomic mass is 32.2. The molecule has 0 aromatic heterocycles. The summed E-state index contributed by atoms with van der Waals surface area (Å²) in [7, 11) is 0. The molecule has 0 bridgehead atoms. The van der Waals surface area contributed by atoms with E-state index < -0.39 is 0 Å². The van der Waals surface area contributed by atoms with Crippen LogP contribution in [0, 0.1) is 0 Å². The average Bonchev–Trinajstić information content (AvgIpc) is 2.50. The zero-order chi connectivity index (χ0) is 14.4. The maximum Gasteiger partial charge on any atom is 0.254 e. The lowest BCUT2D eigenvalue weighted by atomic mass is 10.2. The highest BCUT2D eigenvalue weighted by Crippen LogP contribution is 2.30. The van der Waals surface area contributed by atoms with Gasteiger partial charge in [0.15, 0.2) is 0 Å². The van der Waals surface area contributed by atoms with E-state index >= 15 is 0 Å². The number of amides is 1. The maximum absolute atomic E-state index is 12.5. The van der Waals surface area contributed by atoms with Crippen molar-refractivity contribution in [2.45, 2.75) is 23.6 Å². The number of hydrogen-bond donors (Lipinski definition) is 0. The van der Waals surface area contributed by atoms with Crippen LogP contribution in [0.3, 0.4) is 0 Å². The highest BCUT2D eigenvalue weighted by Gasteiger charge is 2.16. The lowest BCUT2D eigenvalue weighted by Gasteiger charge is -2.20. The first-order chi connectivity index (χ1) is 9.76. The minimum Gasteiger partial charge on any atom is -0.339 e. The second-order valence-corrected chi connectivity index (χ2v) is 5.50. The van der Waals surface area contributed by atoms with E-state index in [1.54, 1.807) is 11.8 Å². The SMILES string of the molecule is CCN(CC)C(=O)c1ccccc1Sc1ccccc1. The average molecular weight is 285 g/mol. The van der Waals surface area contributed by atoms with Gasteiger partial charge < -0.3 is 4.90 Å². The maximum atomic E-state index is 12.5. The van der Waals surface area contributed by atoms with E-state index in [0.29, 0.717) is 0 Å². The Balaban J connectivity index is 2.29. The van der Waals surface area contributed by atoms with E-state index in [2.05, 4.69) is 12.1 Å². The molecule has 0 unspecified atom stereocenters. The summed E-state index contributed by atoms with van der Waals surface area (Å²) in [6.45, 7) is 5.49. The second kappa shape index (κ2) is 7.15. The molecule has 0 radical (unpaired) electrons. The van der Waals surface area contributed by atoms with Crippen molar-refractivity contribution in [3.8, 4) is 0 Å². The Morgan fingerprint density at radius 1 is 0.950 bits per heavy atom. The lowest BCUT2D eigenvalue weighted by Crippen LogP contribution is -2.30. The molecule has 104 valence electrons. The van der Waals surface area contributed by atoms with Crippen molar-refractivity contribution >= 4 is 17.7 Å². The number of benzene rings is 2. The van der Waals surface area contributed by atoms with E-state index in [1.165, 1.54) is 0 Å². The van der Waals surface area contributed by atoms with Gasteiger partial charge >= 0.3 is 0 Å². The van der Waals surface area contributed by atoms with Gasteiger partial charge in [-0.15, -0.1) is 0 Å². The van der Waals surface area contributed by atoms with Crippen molar-refractivity contribution in [1.29, 1.82) is 0 Å². The van der Waals surface area contributed by atoms with Gasteiger partial charge in [-0.05, 0) is 38.1 Å². The van der Waals surface area contributed by atoms with Gasteiger partial charge in [0.1, 0.15) is 0 Å². The number of hydrogen-bond acceptors (Lipinski definition) is 2. The molecule has 2 aromatic rings. The summed E-state index contributed by atoms with van der Waals surface area (Å²) in [5.74, 6) is 0.106. The molecule has 0 saturated heterocycles. The first kappa shape index (κ1) is 14.7. The molecule has 0 aliphatic heterocycles. The van der Waals surface area contributed by atoms with Crippen LogP contribution in [0.25, 0.3) is 0 Å². The third kappa shape index (κ3) is 3.42. The third-order valence-corrected chi connectivity index (χ3v) is 4.22. The summed E-state index contributed by atoms with van der Waals surface area (Å²) in [5.41, 5.74) is 0.782. The van der Waals surface area contributed by atoms with Crippen molar-refractivity contribution in [1.82, 2.24) is 4.90 Å². The monoisotopic (exact) mass is 285 g/mol. The zero-order valence-electron chi connectivity index (χ0n) is 11.9. The standard InChI is InChI=1S/C17H19NOS/c1-3-18(4-2)17(19)15-12-8-9-13-16(15)20-14-10-6-5-7-11-14/h5-13H,3-4H2,1-2H3. The second-order valence-electron chi connectivity index (χ2n) is 4.39. The first-order valence-corrected chi connectivity index (χ1v) is 7.69. The molecular weight excluding hydrogens is 266 g/mol. The number of nitrogens with zero attached hydrogens (tertiary/aromatic N) is 1. The molecule has 2 nitrogen and oxygen atoms in total. The molecule has 0 atom stereocenters. The van der Waals surface area contributed by atoms with Gasteiger partial charge in [0.25, 0.3) is 5.91 Å². The molecule has 0 heterocycles.